The van der Waals surface area contributed by atoms with Crippen LogP contribution in [0.5, 0.6) is 0 Å². The molecule has 1 aromatic rings. The van der Waals surface area contributed by atoms with Gasteiger partial charge >= 0.3 is 0 Å². The lowest BCUT2D eigenvalue weighted by atomic mass is 9.89. The van der Waals surface area contributed by atoms with E-state index in [1.807, 2.05) is 6.07 Å². The minimum absolute atomic E-state index is 0.130. The average molecular weight is 308 g/mol. The molecule has 116 valence electrons. The van der Waals surface area contributed by atoms with Crippen LogP contribution >= 0.6 is 12.2 Å². The van der Waals surface area contributed by atoms with E-state index < -0.39 is 0 Å². The lowest BCUT2D eigenvalue weighted by molar-refractivity contribution is 0.264. The Kier molecular flexibility index (Phi) is 5.71. The molecule has 1 fully saturated rings. The molecule has 21 heavy (non-hydrogen) atoms. The Balaban J connectivity index is 2.01. The van der Waals surface area contributed by atoms with Crippen LogP contribution in [0.1, 0.15) is 44.2 Å². The van der Waals surface area contributed by atoms with Crippen molar-refractivity contribution in [2.24, 2.45) is 17.6 Å². The molecular formula is C17H25FN2S. The van der Waals surface area contributed by atoms with Gasteiger partial charge in [-0.3, -0.25) is 4.90 Å². The molecule has 2 rings (SSSR count). The molecule has 0 spiro atoms. The van der Waals surface area contributed by atoms with Crippen molar-refractivity contribution in [2.75, 3.05) is 13.1 Å². The largest absolute Gasteiger partial charge is 0.389 e. The van der Waals surface area contributed by atoms with E-state index in [0.29, 0.717) is 5.56 Å². The molecule has 0 amide bonds. The first-order valence-electron chi connectivity index (χ1n) is 7.78. The quantitative estimate of drug-likeness (QED) is 0.860. The highest BCUT2D eigenvalue weighted by Gasteiger charge is 2.19. The highest BCUT2D eigenvalue weighted by molar-refractivity contribution is 7.80. The van der Waals surface area contributed by atoms with Crippen molar-refractivity contribution < 1.29 is 4.39 Å². The minimum atomic E-state index is -0.331. The summed E-state index contributed by atoms with van der Waals surface area (Å²) in [6, 6.07) is 5.10. The van der Waals surface area contributed by atoms with E-state index in [9.17, 15) is 4.39 Å². The van der Waals surface area contributed by atoms with Crippen molar-refractivity contribution in [2.45, 2.75) is 39.7 Å². The second kappa shape index (κ2) is 7.32. The first-order valence-corrected chi connectivity index (χ1v) is 8.18. The molecule has 1 aliphatic rings. The van der Waals surface area contributed by atoms with Gasteiger partial charge in [-0.2, -0.15) is 0 Å². The van der Waals surface area contributed by atoms with Crippen LogP contribution in [-0.4, -0.2) is 23.0 Å². The Bertz CT molecular complexity index is 502. The summed E-state index contributed by atoms with van der Waals surface area (Å²) in [5, 5.41) is 0. The van der Waals surface area contributed by atoms with E-state index in [0.717, 1.165) is 37.0 Å². The van der Waals surface area contributed by atoms with Crippen LogP contribution in [0.15, 0.2) is 18.2 Å². The number of likely N-dealkylation sites (tertiary alicyclic amines) is 1. The first-order chi connectivity index (χ1) is 9.97. The number of hydrogen-bond acceptors (Lipinski definition) is 2. The van der Waals surface area contributed by atoms with Crippen LogP contribution in [0, 0.1) is 17.7 Å². The zero-order valence-electron chi connectivity index (χ0n) is 12.9. The van der Waals surface area contributed by atoms with Crippen molar-refractivity contribution in [1.82, 2.24) is 4.90 Å². The van der Waals surface area contributed by atoms with Gasteiger partial charge in [0.05, 0.1) is 0 Å². The van der Waals surface area contributed by atoms with Crippen molar-refractivity contribution in [3.05, 3.63) is 35.1 Å². The topological polar surface area (TPSA) is 29.3 Å². The molecule has 1 atom stereocenters. The summed E-state index contributed by atoms with van der Waals surface area (Å²) < 4.78 is 13.6. The highest BCUT2D eigenvalue weighted by atomic mass is 32.1. The molecule has 0 aromatic heterocycles. The maximum Gasteiger partial charge on any atom is 0.133 e. The van der Waals surface area contributed by atoms with Gasteiger partial charge in [-0.05, 0) is 61.9 Å². The van der Waals surface area contributed by atoms with Crippen LogP contribution in [-0.2, 0) is 6.54 Å². The fourth-order valence-electron chi connectivity index (χ4n) is 3.12. The van der Waals surface area contributed by atoms with E-state index in [1.54, 1.807) is 6.07 Å². The number of benzene rings is 1. The van der Waals surface area contributed by atoms with Crippen LogP contribution in [0.25, 0.3) is 0 Å². The van der Waals surface area contributed by atoms with Crippen LogP contribution in [0.2, 0.25) is 0 Å². The summed E-state index contributed by atoms with van der Waals surface area (Å²) in [5.74, 6) is 1.26. The van der Waals surface area contributed by atoms with Gasteiger partial charge in [-0.15, -0.1) is 0 Å². The van der Waals surface area contributed by atoms with Crippen LogP contribution in [0.3, 0.4) is 0 Å². The number of nitrogens with two attached hydrogens (primary N) is 1. The third kappa shape index (κ3) is 4.48. The molecule has 0 saturated carbocycles. The standard InChI is InChI=1S/C17H25FN2S/c1-12(2)14-4-3-8-20(9-7-14)11-13-5-6-16(18)15(10-13)17(19)21/h5-6,10,12,14H,3-4,7-9,11H2,1-2H3,(H2,19,21). The van der Waals surface area contributed by atoms with Crippen molar-refractivity contribution >= 4 is 17.2 Å². The molecule has 1 heterocycles. The van der Waals surface area contributed by atoms with E-state index in [4.69, 9.17) is 18.0 Å². The predicted molar refractivity (Wildman–Crippen MR) is 89.7 cm³/mol. The SMILES string of the molecule is CC(C)C1CCCN(Cc2ccc(F)c(C(N)=S)c2)CC1. The van der Waals surface area contributed by atoms with E-state index >= 15 is 0 Å². The Labute approximate surface area is 132 Å². The molecule has 4 heteroatoms. The molecular weight excluding hydrogens is 283 g/mol. The van der Waals surface area contributed by atoms with E-state index in [2.05, 4.69) is 18.7 Å². The van der Waals surface area contributed by atoms with Crippen molar-refractivity contribution in [3.8, 4) is 0 Å². The van der Waals surface area contributed by atoms with Gasteiger partial charge in [0, 0.05) is 12.1 Å². The molecule has 1 saturated heterocycles. The van der Waals surface area contributed by atoms with Gasteiger partial charge in [0.1, 0.15) is 10.8 Å². The predicted octanol–water partition coefficient (Wildman–Crippen LogP) is 3.72. The number of thiocarbonyl (C=S) groups is 1. The minimum Gasteiger partial charge on any atom is -0.389 e. The molecule has 2 N–H and O–H groups in total. The second-order valence-corrected chi connectivity index (χ2v) is 6.83. The Morgan fingerprint density at radius 3 is 2.81 bits per heavy atom. The van der Waals surface area contributed by atoms with Gasteiger partial charge in [0.15, 0.2) is 0 Å². The summed E-state index contributed by atoms with van der Waals surface area (Å²) >= 11 is 4.90. The smallest absolute Gasteiger partial charge is 0.133 e. The number of halogens is 1. The summed E-state index contributed by atoms with van der Waals surface area (Å²) in [6.07, 6.45) is 3.81. The molecule has 0 bridgehead atoms. The lowest BCUT2D eigenvalue weighted by Crippen LogP contribution is -2.25. The Morgan fingerprint density at radius 1 is 1.38 bits per heavy atom. The fourth-order valence-corrected chi connectivity index (χ4v) is 3.28. The van der Waals surface area contributed by atoms with Crippen molar-refractivity contribution in [1.29, 1.82) is 0 Å². The number of rotatable bonds is 4. The molecule has 1 aromatic carbocycles. The first kappa shape index (κ1) is 16.4. The van der Waals surface area contributed by atoms with Crippen LogP contribution in [0.4, 0.5) is 4.39 Å². The van der Waals surface area contributed by atoms with Gasteiger partial charge in [0.25, 0.3) is 0 Å². The maximum atomic E-state index is 13.6. The zero-order chi connectivity index (χ0) is 15.4. The van der Waals surface area contributed by atoms with Gasteiger partial charge in [0.2, 0.25) is 0 Å². The third-order valence-electron chi connectivity index (χ3n) is 4.51. The zero-order valence-corrected chi connectivity index (χ0v) is 13.8. The lowest BCUT2D eigenvalue weighted by Gasteiger charge is -2.21. The normalized spacial score (nSPS) is 20.5. The molecule has 0 aliphatic carbocycles. The Hall–Kier alpha value is -1.00. The second-order valence-electron chi connectivity index (χ2n) is 6.39. The fraction of sp³-hybridized carbons (Fsp3) is 0.588. The molecule has 1 unspecified atom stereocenters. The van der Waals surface area contributed by atoms with E-state index in [-0.39, 0.29) is 10.8 Å². The highest BCUT2D eigenvalue weighted by Crippen LogP contribution is 2.25. The van der Waals surface area contributed by atoms with Crippen LogP contribution < -0.4 is 5.73 Å². The maximum absolute atomic E-state index is 13.6. The summed E-state index contributed by atoms with van der Waals surface area (Å²) in [6.45, 7) is 7.70. The van der Waals surface area contributed by atoms with Gasteiger partial charge in [-0.1, -0.05) is 32.1 Å². The number of hydrogen-bond donors (Lipinski definition) is 1. The molecule has 1 aliphatic heterocycles. The van der Waals surface area contributed by atoms with Gasteiger partial charge in [-0.25, -0.2) is 4.39 Å². The number of nitrogens with zero attached hydrogens (tertiary/aromatic N) is 1. The molecule has 2 nitrogen and oxygen atoms in total. The summed E-state index contributed by atoms with van der Waals surface area (Å²) in [5.41, 5.74) is 7.02. The van der Waals surface area contributed by atoms with E-state index in [1.165, 1.54) is 25.3 Å². The monoisotopic (exact) mass is 308 g/mol. The third-order valence-corrected chi connectivity index (χ3v) is 4.73. The van der Waals surface area contributed by atoms with Crippen molar-refractivity contribution in [3.63, 3.8) is 0 Å². The van der Waals surface area contributed by atoms with Gasteiger partial charge < -0.3 is 5.73 Å². The summed E-state index contributed by atoms with van der Waals surface area (Å²) in [4.78, 5) is 2.59. The Morgan fingerprint density at radius 2 is 2.14 bits per heavy atom. The molecule has 0 radical (unpaired) electrons. The average Bonchev–Trinajstić information content (AvgIpc) is 2.66. The summed E-state index contributed by atoms with van der Waals surface area (Å²) in [7, 11) is 0.